The molecule has 1 aliphatic carbocycles. The minimum atomic E-state index is -1.11. The molecule has 0 radical (unpaired) electrons. The summed E-state index contributed by atoms with van der Waals surface area (Å²) in [7, 11) is 2.84. The maximum absolute atomic E-state index is 13.6. The van der Waals surface area contributed by atoms with Crippen LogP contribution < -0.4 is 26.0 Å². The number of allylic oxidation sites excluding steroid dienone is 1. The van der Waals surface area contributed by atoms with Crippen LogP contribution >= 0.6 is 0 Å². The molecular formula is C31H38FN9O3. The van der Waals surface area contributed by atoms with Crippen molar-refractivity contribution in [3.05, 3.63) is 77.4 Å². The number of rotatable bonds is 14. The van der Waals surface area contributed by atoms with E-state index in [4.69, 9.17) is 21.0 Å². The zero-order chi connectivity index (χ0) is 31.8. The molecule has 2 amide bonds. The number of carbonyl (C=O) groups is 2. The highest BCUT2D eigenvalue weighted by atomic mass is 19.1. The van der Waals surface area contributed by atoms with E-state index in [9.17, 15) is 14.0 Å². The normalized spacial score (nSPS) is 16.0. The smallest absolute Gasteiger partial charge is 0.271 e. The Morgan fingerprint density at radius 3 is 2.55 bits per heavy atom. The number of halogens is 1. The highest BCUT2D eigenvalue weighted by Gasteiger charge is 2.30. The van der Waals surface area contributed by atoms with Crippen molar-refractivity contribution in [3.8, 4) is 5.75 Å². The second kappa shape index (κ2) is 14.5. The quantitative estimate of drug-likeness (QED) is 0.128. The monoisotopic (exact) mass is 603 g/mol. The standard InChI is InChI=1S/C31H38FN9O3/c1-18(32)24-8-4-6-20(38-24)15-41-16-21(17-41)37-13-12-23(33)22-7-5-9-25(29(22)44-3)39-26(28(35)31(43)36-2)14-27(34)40-30(42)19-10-11-19/h4-9,12-14,18-19,21,33,35,37,39H,10-11,15-17H2,1-3H3,(H,36,43)(H2,34,40,42)/b13-12-,26-14+,33-23?,35-28?. The number of methoxy groups -OCH3 is 1. The summed E-state index contributed by atoms with van der Waals surface area (Å²) in [6.45, 7) is 3.66. The average molecular weight is 604 g/mol. The van der Waals surface area contributed by atoms with E-state index in [2.05, 4.69) is 31.2 Å². The number of hydrogen-bond acceptors (Lipinski definition) is 10. The fraction of sp³-hybridized carbons (Fsp3) is 0.355. The van der Waals surface area contributed by atoms with Crippen LogP contribution in [-0.4, -0.2) is 72.2 Å². The number of likely N-dealkylation sites (tertiary alicyclic amines) is 1. The molecule has 2 aliphatic rings. The number of ether oxygens (including phenoxy) is 1. The highest BCUT2D eigenvalue weighted by Crippen LogP contribution is 2.31. The molecule has 2 aromatic rings. The largest absolute Gasteiger partial charge is 0.494 e. The van der Waals surface area contributed by atoms with Gasteiger partial charge in [-0.15, -0.1) is 0 Å². The van der Waals surface area contributed by atoms with Gasteiger partial charge in [-0.3, -0.25) is 30.3 Å². The zero-order valence-electron chi connectivity index (χ0n) is 25.0. The van der Waals surface area contributed by atoms with Crippen molar-refractivity contribution in [2.24, 2.45) is 5.92 Å². The maximum Gasteiger partial charge on any atom is 0.271 e. The lowest BCUT2D eigenvalue weighted by atomic mass is 10.1. The van der Waals surface area contributed by atoms with Gasteiger partial charge in [0, 0.05) is 44.2 Å². The molecule has 1 atom stereocenters. The van der Waals surface area contributed by atoms with Gasteiger partial charge in [0.05, 0.1) is 41.6 Å². The van der Waals surface area contributed by atoms with E-state index >= 15 is 0 Å². The molecule has 2 fully saturated rings. The highest BCUT2D eigenvalue weighted by molar-refractivity contribution is 6.45. The van der Waals surface area contributed by atoms with Gasteiger partial charge in [-0.1, -0.05) is 12.1 Å². The molecule has 13 heteroatoms. The summed E-state index contributed by atoms with van der Waals surface area (Å²) >= 11 is 0. The molecule has 4 rings (SSSR count). The zero-order valence-corrected chi connectivity index (χ0v) is 25.0. The minimum Gasteiger partial charge on any atom is -0.494 e. The third-order valence-electron chi connectivity index (χ3n) is 7.16. The molecule has 1 aromatic heterocycles. The summed E-state index contributed by atoms with van der Waals surface area (Å²) in [5.41, 5.74) is 1.77. The number of benzene rings is 1. The Balaban J connectivity index is 1.38. The van der Waals surface area contributed by atoms with Gasteiger partial charge >= 0.3 is 0 Å². The first-order valence-electron chi connectivity index (χ1n) is 14.3. The van der Waals surface area contributed by atoms with Crippen LogP contribution in [0.5, 0.6) is 5.75 Å². The van der Waals surface area contributed by atoms with Crippen molar-refractivity contribution >= 4 is 34.8 Å². The minimum absolute atomic E-state index is 0.0275. The fourth-order valence-corrected chi connectivity index (χ4v) is 4.59. The number of para-hydroxylation sites is 1. The van der Waals surface area contributed by atoms with E-state index in [1.54, 1.807) is 36.5 Å². The van der Waals surface area contributed by atoms with Crippen LogP contribution in [0.4, 0.5) is 10.1 Å². The summed E-state index contributed by atoms with van der Waals surface area (Å²) in [5.74, 6) is -1.02. The Morgan fingerprint density at radius 1 is 1.16 bits per heavy atom. The van der Waals surface area contributed by atoms with Crippen molar-refractivity contribution < 1.29 is 18.7 Å². The van der Waals surface area contributed by atoms with Gasteiger partial charge in [0.2, 0.25) is 5.91 Å². The van der Waals surface area contributed by atoms with Crippen LogP contribution in [0.3, 0.4) is 0 Å². The van der Waals surface area contributed by atoms with E-state index in [0.29, 0.717) is 29.2 Å². The second-order valence-corrected chi connectivity index (χ2v) is 10.7. The van der Waals surface area contributed by atoms with Crippen molar-refractivity contribution in [1.29, 1.82) is 16.2 Å². The van der Waals surface area contributed by atoms with Crippen molar-refractivity contribution in [1.82, 2.24) is 25.8 Å². The molecule has 1 saturated carbocycles. The Kier molecular flexibility index (Phi) is 10.6. The van der Waals surface area contributed by atoms with Gasteiger partial charge in [-0.25, -0.2) is 4.39 Å². The first-order valence-corrected chi connectivity index (χ1v) is 14.3. The second-order valence-electron chi connectivity index (χ2n) is 10.7. The molecule has 232 valence electrons. The Morgan fingerprint density at radius 2 is 1.89 bits per heavy atom. The summed E-state index contributed by atoms with van der Waals surface area (Å²) in [4.78, 5) is 30.9. The maximum atomic E-state index is 13.6. The predicted molar refractivity (Wildman–Crippen MR) is 167 cm³/mol. The molecule has 1 saturated heterocycles. The molecule has 44 heavy (non-hydrogen) atoms. The number of hydrogen-bond donors (Lipinski definition) is 7. The van der Waals surface area contributed by atoms with Gasteiger partial charge in [0.15, 0.2) is 5.75 Å². The molecule has 7 N–H and O–H groups in total. The molecular weight excluding hydrogens is 565 g/mol. The lowest BCUT2D eigenvalue weighted by Gasteiger charge is -2.39. The van der Waals surface area contributed by atoms with Crippen LogP contribution in [0.2, 0.25) is 0 Å². The van der Waals surface area contributed by atoms with Crippen molar-refractivity contribution in [2.75, 3.05) is 32.6 Å². The van der Waals surface area contributed by atoms with E-state index < -0.39 is 17.8 Å². The van der Waals surface area contributed by atoms with Crippen LogP contribution in [0.1, 0.15) is 42.9 Å². The molecule has 1 aromatic carbocycles. The topological polar surface area (TPSA) is 179 Å². The summed E-state index contributed by atoms with van der Waals surface area (Å²) < 4.78 is 19.2. The van der Waals surface area contributed by atoms with Crippen LogP contribution in [0.25, 0.3) is 0 Å². The lowest BCUT2D eigenvalue weighted by molar-refractivity contribution is -0.120. The fourth-order valence-electron chi connectivity index (χ4n) is 4.59. The SMILES string of the molecule is CNC(=O)C(=N)/C(=C\C(=N)NC(=O)C1CC1)Nc1cccc(C(=N)/C=C\NC2CN(Cc3cccc(C(C)F)n3)C2)c1OC. The van der Waals surface area contributed by atoms with E-state index in [1.807, 2.05) is 12.1 Å². The Hall–Kier alpha value is -4.91. The van der Waals surface area contributed by atoms with Crippen LogP contribution in [0, 0.1) is 22.1 Å². The van der Waals surface area contributed by atoms with Gasteiger partial charge in [0.1, 0.15) is 17.7 Å². The van der Waals surface area contributed by atoms with Crippen LogP contribution in [0.15, 0.2) is 60.4 Å². The molecule has 0 bridgehead atoms. The lowest BCUT2D eigenvalue weighted by Crippen LogP contribution is -2.56. The average Bonchev–Trinajstić information content (AvgIpc) is 3.84. The number of pyridine rings is 1. The van der Waals surface area contributed by atoms with Crippen molar-refractivity contribution in [2.45, 2.75) is 38.5 Å². The number of aromatic nitrogens is 1. The first-order chi connectivity index (χ1) is 21.1. The van der Waals surface area contributed by atoms with Gasteiger partial charge < -0.3 is 31.4 Å². The molecule has 0 spiro atoms. The molecule has 1 aliphatic heterocycles. The summed E-state index contributed by atoms with van der Waals surface area (Å²) in [5, 5.41) is 36.3. The van der Waals surface area contributed by atoms with E-state index in [0.717, 1.165) is 31.6 Å². The van der Waals surface area contributed by atoms with E-state index in [-0.39, 0.29) is 35.1 Å². The third kappa shape index (κ3) is 8.34. The Bertz CT molecular complexity index is 1490. The molecule has 2 heterocycles. The van der Waals surface area contributed by atoms with E-state index in [1.165, 1.54) is 27.2 Å². The van der Waals surface area contributed by atoms with Crippen LogP contribution in [-0.2, 0) is 16.1 Å². The summed E-state index contributed by atoms with van der Waals surface area (Å²) in [6, 6.07) is 10.7. The number of anilines is 1. The third-order valence-corrected chi connectivity index (χ3v) is 7.16. The van der Waals surface area contributed by atoms with Crippen molar-refractivity contribution in [3.63, 3.8) is 0 Å². The summed E-state index contributed by atoms with van der Waals surface area (Å²) in [6.07, 6.45) is 4.97. The number of alkyl halides is 1. The number of carbonyl (C=O) groups excluding carboxylic acids is 2. The number of nitrogens with zero attached hydrogens (tertiary/aromatic N) is 2. The van der Waals surface area contributed by atoms with Gasteiger partial charge in [-0.2, -0.15) is 0 Å². The predicted octanol–water partition coefficient (Wildman–Crippen LogP) is 3.04. The number of nitrogens with one attached hydrogen (secondary N) is 7. The van der Waals surface area contributed by atoms with Gasteiger partial charge in [0.25, 0.3) is 5.91 Å². The molecule has 12 nitrogen and oxygen atoms in total. The first kappa shape index (κ1) is 32.0. The van der Waals surface area contributed by atoms with Gasteiger partial charge in [-0.05, 0) is 56.3 Å². The Labute approximate surface area is 255 Å². The number of amidine groups is 1. The number of amides is 2. The molecule has 1 unspecified atom stereocenters.